The second-order valence-corrected chi connectivity index (χ2v) is 13.1. The van der Waals surface area contributed by atoms with Crippen LogP contribution in [-0.2, 0) is 24.3 Å². The first-order valence-electron chi connectivity index (χ1n) is 15.0. The number of allylic oxidation sites excluding steroid dienone is 1. The summed E-state index contributed by atoms with van der Waals surface area (Å²) >= 11 is 0. The number of piperazine rings is 1. The van der Waals surface area contributed by atoms with Gasteiger partial charge in [0.15, 0.2) is 5.76 Å². The first-order valence-corrected chi connectivity index (χ1v) is 16.4. The zero-order valence-electron chi connectivity index (χ0n) is 25.8. The standard InChI is InChI=1S/C32H40N4O8S/c1-23(38)36-22-28(27-6-4-5-7-29(27)36)24-20-30(32(39)34-14-12-33(2)13-15-34)44-31(21-24)43-19-17-35(16-18-37)45(40,41)26-10-8-25(42-3)9-11-26/h4-11,20,22,24,31,37H,12-19,21H2,1-3H3/t24-,31+/m0/s1. The number of ether oxygens (including phenoxy) is 3. The highest BCUT2D eigenvalue weighted by Gasteiger charge is 2.34. The highest BCUT2D eigenvalue weighted by molar-refractivity contribution is 7.89. The molecular weight excluding hydrogens is 600 g/mol. The Morgan fingerprint density at radius 3 is 2.42 bits per heavy atom. The molecule has 2 aliphatic rings. The third-order valence-electron chi connectivity index (χ3n) is 8.23. The summed E-state index contributed by atoms with van der Waals surface area (Å²) in [4.78, 5) is 30.1. The molecule has 0 bridgehead atoms. The SMILES string of the molecule is COc1ccc(S(=O)(=O)N(CCO)CCO[C@H]2C[C@@H](c3cn(C(C)=O)c4ccccc34)C=C(C(=O)N3CCN(C)CC3)O2)cc1. The van der Waals surface area contributed by atoms with Crippen molar-refractivity contribution in [1.29, 1.82) is 0 Å². The van der Waals surface area contributed by atoms with Crippen LogP contribution < -0.4 is 4.74 Å². The molecule has 0 unspecified atom stereocenters. The van der Waals surface area contributed by atoms with Crippen LogP contribution in [0.4, 0.5) is 0 Å². The monoisotopic (exact) mass is 640 g/mol. The number of benzene rings is 2. The van der Waals surface area contributed by atoms with E-state index in [4.69, 9.17) is 14.2 Å². The summed E-state index contributed by atoms with van der Waals surface area (Å²) in [6, 6.07) is 13.6. The Kier molecular flexibility index (Phi) is 10.2. The van der Waals surface area contributed by atoms with Crippen molar-refractivity contribution >= 4 is 32.7 Å². The van der Waals surface area contributed by atoms with Gasteiger partial charge in [-0.1, -0.05) is 18.2 Å². The van der Waals surface area contributed by atoms with Crippen LogP contribution in [0.15, 0.2) is 71.5 Å². The lowest BCUT2D eigenvalue weighted by atomic mass is 9.92. The van der Waals surface area contributed by atoms with Gasteiger partial charge in [-0.25, -0.2) is 8.42 Å². The van der Waals surface area contributed by atoms with E-state index in [1.54, 1.807) is 33.9 Å². The quantitative estimate of drug-likeness (QED) is 0.336. The number of nitrogens with zero attached hydrogens (tertiary/aromatic N) is 4. The molecule has 12 nitrogen and oxygen atoms in total. The molecule has 3 heterocycles. The molecule has 5 rings (SSSR count). The topological polar surface area (TPSA) is 131 Å². The van der Waals surface area contributed by atoms with E-state index in [2.05, 4.69) is 4.90 Å². The third-order valence-corrected chi connectivity index (χ3v) is 10.1. The van der Waals surface area contributed by atoms with Crippen LogP contribution in [0.5, 0.6) is 5.75 Å². The smallest absolute Gasteiger partial charge is 0.288 e. The van der Waals surface area contributed by atoms with E-state index in [0.29, 0.717) is 25.3 Å². The lowest BCUT2D eigenvalue weighted by Gasteiger charge is -2.35. The summed E-state index contributed by atoms with van der Waals surface area (Å²) in [5.41, 5.74) is 1.64. The number of fused-ring (bicyclic) bond motifs is 1. The number of aliphatic hydroxyl groups is 1. The molecule has 0 spiro atoms. The molecule has 0 radical (unpaired) electrons. The van der Waals surface area contributed by atoms with Crippen LogP contribution in [0.2, 0.25) is 0 Å². The number of carbonyl (C=O) groups is 2. The number of hydrogen-bond donors (Lipinski definition) is 1. The van der Waals surface area contributed by atoms with E-state index >= 15 is 0 Å². The average molecular weight is 641 g/mol. The molecule has 1 aromatic heterocycles. The van der Waals surface area contributed by atoms with E-state index in [9.17, 15) is 23.1 Å². The predicted molar refractivity (Wildman–Crippen MR) is 167 cm³/mol. The van der Waals surface area contributed by atoms with E-state index in [0.717, 1.165) is 33.9 Å². The molecule has 1 amide bonds. The minimum absolute atomic E-state index is 0.0437. The summed E-state index contributed by atoms with van der Waals surface area (Å²) < 4.78 is 46.8. The summed E-state index contributed by atoms with van der Waals surface area (Å²) in [5, 5.41) is 10.5. The zero-order valence-corrected chi connectivity index (χ0v) is 26.6. The van der Waals surface area contributed by atoms with Crippen molar-refractivity contribution in [3.05, 3.63) is 72.1 Å². The van der Waals surface area contributed by atoms with Gasteiger partial charge in [-0.05, 0) is 49.0 Å². The fraction of sp³-hybridized carbons (Fsp3) is 0.438. The number of aromatic nitrogens is 1. The fourth-order valence-electron chi connectivity index (χ4n) is 5.70. The summed E-state index contributed by atoms with van der Waals surface area (Å²) in [6.45, 7) is 3.54. The van der Waals surface area contributed by atoms with Gasteiger partial charge in [0.1, 0.15) is 5.75 Å². The Morgan fingerprint density at radius 1 is 1.04 bits per heavy atom. The van der Waals surface area contributed by atoms with Gasteiger partial charge in [0, 0.05) is 70.1 Å². The summed E-state index contributed by atoms with van der Waals surface area (Å²) in [6.07, 6.45) is 3.10. The number of amides is 1. The number of methoxy groups -OCH3 is 1. The van der Waals surface area contributed by atoms with Crippen molar-refractivity contribution < 1.29 is 37.3 Å². The molecule has 1 fully saturated rings. The van der Waals surface area contributed by atoms with Crippen molar-refractivity contribution in [3.63, 3.8) is 0 Å². The van der Waals surface area contributed by atoms with Gasteiger partial charge >= 0.3 is 0 Å². The second kappa shape index (κ2) is 14.1. The van der Waals surface area contributed by atoms with Gasteiger partial charge in [0.25, 0.3) is 5.91 Å². The minimum atomic E-state index is -3.93. The Balaban J connectivity index is 1.37. The largest absolute Gasteiger partial charge is 0.497 e. The second-order valence-electron chi connectivity index (χ2n) is 11.2. The molecular formula is C32H40N4O8S. The van der Waals surface area contributed by atoms with E-state index in [1.165, 1.54) is 26.2 Å². The number of carbonyl (C=O) groups excluding carboxylic acids is 2. The maximum atomic E-state index is 13.6. The van der Waals surface area contributed by atoms with Gasteiger partial charge in [-0.15, -0.1) is 0 Å². The lowest BCUT2D eigenvalue weighted by Crippen LogP contribution is -2.48. The number of aliphatic hydroxyl groups excluding tert-OH is 1. The lowest BCUT2D eigenvalue weighted by molar-refractivity contribution is -0.153. The summed E-state index contributed by atoms with van der Waals surface area (Å²) in [7, 11) is -0.423. The molecule has 2 aliphatic heterocycles. The van der Waals surface area contributed by atoms with E-state index < -0.39 is 16.3 Å². The van der Waals surface area contributed by atoms with Crippen LogP contribution in [0, 0.1) is 0 Å². The minimum Gasteiger partial charge on any atom is -0.497 e. The number of likely N-dealkylation sites (N-methyl/N-ethyl adjacent to an activating group) is 1. The number of para-hydroxylation sites is 1. The molecule has 45 heavy (non-hydrogen) atoms. The number of hydrogen-bond acceptors (Lipinski definition) is 9. The van der Waals surface area contributed by atoms with Gasteiger partial charge in [0.05, 0.1) is 30.7 Å². The molecule has 0 saturated carbocycles. The number of sulfonamides is 1. The normalized spacial score (nSPS) is 19.4. The Bertz CT molecular complexity index is 1650. The Labute approximate surface area is 263 Å². The number of rotatable bonds is 11. The molecule has 13 heteroatoms. The molecule has 1 saturated heterocycles. The van der Waals surface area contributed by atoms with Crippen molar-refractivity contribution in [2.45, 2.75) is 30.4 Å². The molecule has 3 aromatic rings. The van der Waals surface area contributed by atoms with Crippen LogP contribution in [0.25, 0.3) is 10.9 Å². The Hall–Kier alpha value is -3.75. The zero-order chi connectivity index (χ0) is 32.1. The molecule has 2 atom stereocenters. The van der Waals surface area contributed by atoms with Crippen molar-refractivity contribution in [2.24, 2.45) is 0 Å². The van der Waals surface area contributed by atoms with E-state index in [1.807, 2.05) is 31.3 Å². The predicted octanol–water partition coefficient (Wildman–Crippen LogP) is 2.50. The molecule has 2 aromatic carbocycles. The molecule has 242 valence electrons. The van der Waals surface area contributed by atoms with Crippen LogP contribution in [-0.4, -0.2) is 117 Å². The molecule has 0 aliphatic carbocycles. The van der Waals surface area contributed by atoms with Crippen LogP contribution in [0.1, 0.15) is 29.6 Å². The Morgan fingerprint density at radius 2 is 1.76 bits per heavy atom. The first kappa shape index (κ1) is 32.6. The fourth-order valence-corrected chi connectivity index (χ4v) is 7.12. The maximum absolute atomic E-state index is 13.6. The highest BCUT2D eigenvalue weighted by atomic mass is 32.2. The maximum Gasteiger partial charge on any atom is 0.288 e. The van der Waals surface area contributed by atoms with Gasteiger partial charge in [-0.3, -0.25) is 14.2 Å². The third kappa shape index (κ3) is 7.23. The van der Waals surface area contributed by atoms with Gasteiger partial charge in [-0.2, -0.15) is 4.31 Å². The van der Waals surface area contributed by atoms with Crippen molar-refractivity contribution in [2.75, 3.05) is 66.6 Å². The van der Waals surface area contributed by atoms with E-state index in [-0.39, 0.29) is 54.7 Å². The summed E-state index contributed by atoms with van der Waals surface area (Å²) in [5.74, 6) is 0.0185. The molecule has 1 N–H and O–H groups in total. The highest BCUT2D eigenvalue weighted by Crippen LogP contribution is 2.37. The van der Waals surface area contributed by atoms with Crippen LogP contribution >= 0.6 is 0 Å². The van der Waals surface area contributed by atoms with Crippen molar-refractivity contribution in [1.82, 2.24) is 18.7 Å². The average Bonchev–Trinajstić information content (AvgIpc) is 3.44. The van der Waals surface area contributed by atoms with Crippen LogP contribution in [0.3, 0.4) is 0 Å². The van der Waals surface area contributed by atoms with Gasteiger partial charge < -0.3 is 29.1 Å². The first-order chi connectivity index (χ1) is 21.6. The van der Waals surface area contributed by atoms with Gasteiger partial charge in [0.2, 0.25) is 22.2 Å². The van der Waals surface area contributed by atoms with Crippen molar-refractivity contribution in [3.8, 4) is 5.75 Å².